The third-order valence-corrected chi connectivity index (χ3v) is 2.43. The van der Waals surface area contributed by atoms with Gasteiger partial charge < -0.3 is 15.2 Å². The van der Waals surface area contributed by atoms with Crippen LogP contribution in [0.2, 0.25) is 0 Å². The molecule has 0 aromatic heterocycles. The molecule has 0 amide bonds. The van der Waals surface area contributed by atoms with Gasteiger partial charge in [-0.05, 0) is 19.1 Å². The van der Waals surface area contributed by atoms with Gasteiger partial charge in [0.05, 0.1) is 26.3 Å². The van der Waals surface area contributed by atoms with E-state index in [-0.39, 0.29) is 11.3 Å². The lowest BCUT2D eigenvalue weighted by molar-refractivity contribution is 0.00355. The van der Waals surface area contributed by atoms with Crippen molar-refractivity contribution in [1.82, 2.24) is 0 Å². The first kappa shape index (κ1) is 12.7. The standard InChI is InChI=1S/C11H15F2NO2/c1-7-9(15-2)5-4-8(10(7)16-3)11(12,13)6-14/h4-5H,6,14H2,1-3H3. The number of benzene rings is 1. The van der Waals surface area contributed by atoms with Gasteiger partial charge in [0.15, 0.2) is 0 Å². The van der Waals surface area contributed by atoms with Crippen molar-refractivity contribution in [3.63, 3.8) is 0 Å². The summed E-state index contributed by atoms with van der Waals surface area (Å²) >= 11 is 0. The zero-order chi connectivity index (χ0) is 12.3. The Morgan fingerprint density at radius 3 is 2.31 bits per heavy atom. The summed E-state index contributed by atoms with van der Waals surface area (Å²) < 4.78 is 37.0. The molecule has 0 radical (unpaired) electrons. The summed E-state index contributed by atoms with van der Waals surface area (Å²) in [6, 6.07) is 2.76. The van der Waals surface area contributed by atoms with Crippen LogP contribution in [0.3, 0.4) is 0 Å². The van der Waals surface area contributed by atoms with Gasteiger partial charge in [0.2, 0.25) is 0 Å². The number of nitrogens with two attached hydrogens (primary N) is 1. The molecule has 0 saturated carbocycles. The predicted octanol–water partition coefficient (Wildman–Crippen LogP) is 2.06. The van der Waals surface area contributed by atoms with Crippen molar-refractivity contribution >= 4 is 0 Å². The molecule has 0 fully saturated rings. The average Bonchev–Trinajstić information content (AvgIpc) is 2.28. The summed E-state index contributed by atoms with van der Waals surface area (Å²) in [5.41, 5.74) is 5.37. The van der Waals surface area contributed by atoms with Crippen molar-refractivity contribution < 1.29 is 18.3 Å². The lowest BCUT2D eigenvalue weighted by Gasteiger charge is -2.20. The number of methoxy groups -OCH3 is 2. The van der Waals surface area contributed by atoms with Crippen LogP contribution in [0.5, 0.6) is 11.5 Å². The van der Waals surface area contributed by atoms with E-state index in [2.05, 4.69) is 0 Å². The van der Waals surface area contributed by atoms with E-state index in [1.807, 2.05) is 0 Å². The fourth-order valence-corrected chi connectivity index (χ4v) is 1.56. The third kappa shape index (κ3) is 2.09. The molecule has 5 heteroatoms. The third-order valence-electron chi connectivity index (χ3n) is 2.43. The van der Waals surface area contributed by atoms with Gasteiger partial charge in [-0.2, -0.15) is 8.78 Å². The summed E-state index contributed by atoms with van der Waals surface area (Å²) in [5.74, 6) is -2.47. The van der Waals surface area contributed by atoms with E-state index >= 15 is 0 Å². The Hall–Kier alpha value is -1.36. The molecule has 2 N–H and O–H groups in total. The van der Waals surface area contributed by atoms with Crippen molar-refractivity contribution in [1.29, 1.82) is 0 Å². The van der Waals surface area contributed by atoms with E-state index in [0.29, 0.717) is 11.3 Å². The smallest absolute Gasteiger partial charge is 0.288 e. The Morgan fingerprint density at radius 1 is 1.25 bits per heavy atom. The monoisotopic (exact) mass is 231 g/mol. The highest BCUT2D eigenvalue weighted by Crippen LogP contribution is 2.39. The maximum Gasteiger partial charge on any atom is 0.288 e. The first-order chi connectivity index (χ1) is 7.47. The summed E-state index contributed by atoms with van der Waals surface area (Å²) in [6.07, 6.45) is 0. The molecule has 90 valence electrons. The normalized spacial score (nSPS) is 11.4. The van der Waals surface area contributed by atoms with Crippen molar-refractivity contribution in [3.05, 3.63) is 23.3 Å². The highest BCUT2D eigenvalue weighted by molar-refractivity contribution is 5.51. The van der Waals surface area contributed by atoms with Gasteiger partial charge in [-0.3, -0.25) is 0 Å². The molecule has 16 heavy (non-hydrogen) atoms. The maximum atomic E-state index is 13.5. The van der Waals surface area contributed by atoms with Crippen LogP contribution in [0.15, 0.2) is 12.1 Å². The fraction of sp³-hybridized carbons (Fsp3) is 0.455. The van der Waals surface area contributed by atoms with Gasteiger partial charge >= 0.3 is 0 Å². The minimum absolute atomic E-state index is 0.120. The highest BCUT2D eigenvalue weighted by atomic mass is 19.3. The molecule has 0 saturated heterocycles. The summed E-state index contributed by atoms with van der Waals surface area (Å²) in [7, 11) is 2.82. The van der Waals surface area contributed by atoms with Crippen LogP contribution in [0.4, 0.5) is 8.78 Å². The minimum atomic E-state index is -3.09. The van der Waals surface area contributed by atoms with Crippen LogP contribution in [0, 0.1) is 6.92 Å². The molecule has 3 nitrogen and oxygen atoms in total. The minimum Gasteiger partial charge on any atom is -0.496 e. The lowest BCUT2D eigenvalue weighted by Crippen LogP contribution is -2.26. The lowest BCUT2D eigenvalue weighted by atomic mass is 10.0. The Labute approximate surface area is 93.2 Å². The van der Waals surface area contributed by atoms with Crippen LogP contribution >= 0.6 is 0 Å². The molecular formula is C11H15F2NO2. The van der Waals surface area contributed by atoms with Crippen molar-refractivity contribution in [2.45, 2.75) is 12.8 Å². The molecule has 0 aliphatic heterocycles. The van der Waals surface area contributed by atoms with E-state index in [9.17, 15) is 8.78 Å². The molecule has 0 atom stereocenters. The fourth-order valence-electron chi connectivity index (χ4n) is 1.56. The van der Waals surface area contributed by atoms with E-state index in [1.54, 1.807) is 6.92 Å². The molecule has 0 bridgehead atoms. The summed E-state index contributed by atoms with van der Waals surface area (Å²) in [5, 5.41) is 0. The van der Waals surface area contributed by atoms with Crippen molar-refractivity contribution in [2.75, 3.05) is 20.8 Å². The van der Waals surface area contributed by atoms with Gasteiger partial charge in [-0.1, -0.05) is 0 Å². The highest BCUT2D eigenvalue weighted by Gasteiger charge is 2.34. The van der Waals surface area contributed by atoms with E-state index in [1.165, 1.54) is 26.4 Å². The SMILES string of the molecule is COc1ccc(C(F)(F)CN)c(OC)c1C. The predicted molar refractivity (Wildman–Crippen MR) is 57.2 cm³/mol. The van der Waals surface area contributed by atoms with E-state index in [0.717, 1.165) is 0 Å². The van der Waals surface area contributed by atoms with Crippen LogP contribution < -0.4 is 15.2 Å². The molecule has 0 heterocycles. The zero-order valence-corrected chi connectivity index (χ0v) is 9.51. The molecule has 0 spiro atoms. The maximum absolute atomic E-state index is 13.5. The molecule has 1 rings (SSSR count). The largest absolute Gasteiger partial charge is 0.496 e. The van der Waals surface area contributed by atoms with Gasteiger partial charge in [0, 0.05) is 5.56 Å². The molecule has 0 unspecified atom stereocenters. The number of halogens is 2. The summed E-state index contributed by atoms with van der Waals surface area (Å²) in [4.78, 5) is 0. The first-order valence-corrected chi connectivity index (χ1v) is 4.78. The number of alkyl halides is 2. The van der Waals surface area contributed by atoms with Gasteiger partial charge in [0.1, 0.15) is 11.5 Å². The molecular weight excluding hydrogens is 216 g/mol. The Morgan fingerprint density at radius 2 is 1.88 bits per heavy atom. The number of hydrogen-bond acceptors (Lipinski definition) is 3. The molecule has 0 aliphatic rings. The topological polar surface area (TPSA) is 44.5 Å². The summed E-state index contributed by atoms with van der Waals surface area (Å²) in [6.45, 7) is 0.906. The quantitative estimate of drug-likeness (QED) is 0.862. The van der Waals surface area contributed by atoms with Gasteiger partial charge in [-0.25, -0.2) is 0 Å². The van der Waals surface area contributed by atoms with Crippen LogP contribution in [-0.2, 0) is 5.92 Å². The van der Waals surface area contributed by atoms with Gasteiger partial charge in [0.25, 0.3) is 5.92 Å². The Balaban J connectivity index is 3.37. The molecule has 0 aliphatic carbocycles. The second kappa shape index (κ2) is 4.65. The Bertz CT molecular complexity index is 380. The van der Waals surface area contributed by atoms with Crippen LogP contribution in [0.25, 0.3) is 0 Å². The average molecular weight is 231 g/mol. The number of ether oxygens (including phenoxy) is 2. The Kier molecular flexibility index (Phi) is 3.70. The second-order valence-electron chi connectivity index (χ2n) is 3.38. The van der Waals surface area contributed by atoms with E-state index < -0.39 is 12.5 Å². The second-order valence-corrected chi connectivity index (χ2v) is 3.38. The molecule has 1 aromatic rings. The number of rotatable bonds is 4. The number of hydrogen-bond donors (Lipinski definition) is 1. The van der Waals surface area contributed by atoms with Crippen molar-refractivity contribution in [2.24, 2.45) is 5.73 Å². The van der Waals surface area contributed by atoms with Crippen molar-refractivity contribution in [3.8, 4) is 11.5 Å². The zero-order valence-electron chi connectivity index (χ0n) is 9.51. The van der Waals surface area contributed by atoms with E-state index in [4.69, 9.17) is 15.2 Å². The molecule has 1 aromatic carbocycles. The van der Waals surface area contributed by atoms with Gasteiger partial charge in [-0.15, -0.1) is 0 Å². The van der Waals surface area contributed by atoms with Crippen LogP contribution in [0.1, 0.15) is 11.1 Å². The van der Waals surface area contributed by atoms with Crippen LogP contribution in [-0.4, -0.2) is 20.8 Å². The first-order valence-electron chi connectivity index (χ1n) is 4.78.